The molecule has 0 aliphatic heterocycles. The van der Waals surface area contributed by atoms with Crippen LogP contribution in [0.1, 0.15) is 0 Å². The Bertz CT molecular complexity index is 668. The second-order valence-electron chi connectivity index (χ2n) is 3.65. The maximum Gasteiger partial charge on any atom is 0.125 e. The molecule has 1 aromatic carbocycles. The molecule has 0 atom stereocenters. The molecule has 0 aliphatic rings. The van der Waals surface area contributed by atoms with Crippen LogP contribution < -0.4 is 0 Å². The predicted molar refractivity (Wildman–Crippen MR) is 62.7 cm³/mol. The van der Waals surface area contributed by atoms with Crippen LogP contribution in [0.5, 0.6) is 0 Å². The number of benzene rings is 1. The van der Waals surface area contributed by atoms with Crippen molar-refractivity contribution in [1.82, 2.24) is 15.0 Å². The largest absolute Gasteiger partial charge is 0.261 e. The molecule has 0 bridgehead atoms. The van der Waals surface area contributed by atoms with Crippen molar-refractivity contribution in [3.05, 3.63) is 54.9 Å². The van der Waals surface area contributed by atoms with Crippen LogP contribution in [0.2, 0.25) is 0 Å². The van der Waals surface area contributed by atoms with Gasteiger partial charge in [-0.15, -0.1) is 0 Å². The molecule has 0 saturated carbocycles. The smallest absolute Gasteiger partial charge is 0.125 e. The summed E-state index contributed by atoms with van der Waals surface area (Å²) >= 11 is 0. The summed E-state index contributed by atoms with van der Waals surface area (Å²) in [7, 11) is 0. The van der Waals surface area contributed by atoms with Crippen molar-refractivity contribution >= 4 is 10.9 Å². The van der Waals surface area contributed by atoms with Crippen LogP contribution in [0.25, 0.3) is 22.2 Å². The van der Waals surface area contributed by atoms with Gasteiger partial charge < -0.3 is 0 Å². The quantitative estimate of drug-likeness (QED) is 0.639. The lowest BCUT2D eigenvalue weighted by Crippen LogP contribution is -1.87. The number of nitrogens with zero attached hydrogens (tertiary/aromatic N) is 3. The number of rotatable bonds is 1. The molecule has 3 aromatic rings. The van der Waals surface area contributed by atoms with E-state index in [-0.39, 0.29) is 5.82 Å². The first kappa shape index (κ1) is 9.84. The van der Waals surface area contributed by atoms with E-state index >= 15 is 0 Å². The zero-order valence-corrected chi connectivity index (χ0v) is 8.84. The number of aromatic nitrogens is 3. The van der Waals surface area contributed by atoms with Gasteiger partial charge >= 0.3 is 0 Å². The summed E-state index contributed by atoms with van der Waals surface area (Å²) < 4.78 is 13.0. The van der Waals surface area contributed by atoms with Gasteiger partial charge in [-0.3, -0.25) is 15.0 Å². The molecule has 4 heteroatoms. The number of pyridine rings is 1. The van der Waals surface area contributed by atoms with Gasteiger partial charge in [-0.05, 0) is 18.2 Å². The van der Waals surface area contributed by atoms with Gasteiger partial charge in [0.2, 0.25) is 0 Å². The van der Waals surface area contributed by atoms with Crippen LogP contribution >= 0.6 is 0 Å². The molecule has 0 N–H and O–H groups in total. The highest BCUT2D eigenvalue weighted by atomic mass is 19.1. The number of hydrogen-bond acceptors (Lipinski definition) is 3. The molecule has 82 valence electrons. The van der Waals surface area contributed by atoms with Crippen molar-refractivity contribution in [1.29, 1.82) is 0 Å². The average molecular weight is 225 g/mol. The van der Waals surface area contributed by atoms with Crippen molar-refractivity contribution in [2.45, 2.75) is 0 Å². The second-order valence-corrected chi connectivity index (χ2v) is 3.65. The topological polar surface area (TPSA) is 38.7 Å². The minimum absolute atomic E-state index is 0.280. The Hall–Kier alpha value is -2.36. The van der Waals surface area contributed by atoms with Crippen LogP contribution in [-0.4, -0.2) is 15.0 Å². The van der Waals surface area contributed by atoms with E-state index in [9.17, 15) is 4.39 Å². The Morgan fingerprint density at radius 1 is 0.941 bits per heavy atom. The minimum Gasteiger partial charge on any atom is -0.261 e. The highest BCUT2D eigenvalue weighted by Crippen LogP contribution is 2.20. The summed E-state index contributed by atoms with van der Waals surface area (Å²) in [5, 5.41) is 0.884. The van der Waals surface area contributed by atoms with Crippen LogP contribution in [0.15, 0.2) is 49.1 Å². The molecule has 0 unspecified atom stereocenters. The summed E-state index contributed by atoms with van der Waals surface area (Å²) in [5.74, 6) is -0.280. The molecule has 0 aliphatic carbocycles. The molecule has 0 saturated heterocycles. The zero-order chi connectivity index (χ0) is 11.7. The third-order valence-corrected chi connectivity index (χ3v) is 2.51. The maximum absolute atomic E-state index is 13.0. The second kappa shape index (κ2) is 3.90. The first-order valence-corrected chi connectivity index (χ1v) is 5.15. The lowest BCUT2D eigenvalue weighted by Gasteiger charge is -2.02. The Balaban J connectivity index is 2.17. The number of fused-ring (bicyclic) bond motifs is 1. The predicted octanol–water partition coefficient (Wildman–Crippen LogP) is 2.83. The van der Waals surface area contributed by atoms with Crippen molar-refractivity contribution in [3.8, 4) is 11.3 Å². The van der Waals surface area contributed by atoms with Gasteiger partial charge in [-0.2, -0.15) is 0 Å². The van der Waals surface area contributed by atoms with Crippen molar-refractivity contribution in [2.75, 3.05) is 0 Å². The Morgan fingerprint density at radius 2 is 1.88 bits per heavy atom. The van der Waals surface area contributed by atoms with E-state index in [1.165, 1.54) is 12.1 Å². The Kier molecular flexibility index (Phi) is 2.26. The van der Waals surface area contributed by atoms with Crippen molar-refractivity contribution in [3.63, 3.8) is 0 Å². The first-order valence-electron chi connectivity index (χ1n) is 5.15. The van der Waals surface area contributed by atoms with Crippen LogP contribution in [0.4, 0.5) is 4.39 Å². The number of halogens is 1. The standard InChI is InChI=1S/C13H8FN3/c14-11-2-1-9-5-10(7-17-12(9)6-11)13-8-15-3-4-16-13/h1-8H. The van der Waals surface area contributed by atoms with Gasteiger partial charge in [0.1, 0.15) is 5.82 Å². The van der Waals surface area contributed by atoms with E-state index in [0.717, 1.165) is 16.6 Å². The van der Waals surface area contributed by atoms with Crippen molar-refractivity contribution in [2.24, 2.45) is 0 Å². The lowest BCUT2D eigenvalue weighted by molar-refractivity contribution is 0.629. The first-order chi connectivity index (χ1) is 8.33. The molecule has 17 heavy (non-hydrogen) atoms. The van der Waals surface area contributed by atoms with E-state index in [0.29, 0.717) is 5.52 Å². The van der Waals surface area contributed by atoms with E-state index < -0.39 is 0 Å². The van der Waals surface area contributed by atoms with E-state index in [1.54, 1.807) is 30.9 Å². The van der Waals surface area contributed by atoms with E-state index in [4.69, 9.17) is 0 Å². The fourth-order valence-corrected chi connectivity index (χ4v) is 1.68. The van der Waals surface area contributed by atoms with Gasteiger partial charge in [-0.25, -0.2) is 4.39 Å². The third-order valence-electron chi connectivity index (χ3n) is 2.51. The van der Waals surface area contributed by atoms with Crippen molar-refractivity contribution < 1.29 is 4.39 Å². The average Bonchev–Trinajstić information content (AvgIpc) is 2.39. The minimum atomic E-state index is -0.280. The number of hydrogen-bond donors (Lipinski definition) is 0. The molecule has 0 spiro atoms. The molecule has 2 aromatic heterocycles. The fraction of sp³-hybridized carbons (Fsp3) is 0. The zero-order valence-electron chi connectivity index (χ0n) is 8.84. The molecular weight excluding hydrogens is 217 g/mol. The molecule has 0 amide bonds. The highest BCUT2D eigenvalue weighted by molar-refractivity contribution is 5.82. The molecule has 2 heterocycles. The Labute approximate surface area is 97.0 Å². The fourth-order valence-electron chi connectivity index (χ4n) is 1.68. The Morgan fingerprint density at radius 3 is 2.71 bits per heavy atom. The van der Waals surface area contributed by atoms with Gasteiger partial charge in [0.15, 0.2) is 0 Å². The summed E-state index contributed by atoms with van der Waals surface area (Å²) in [6.07, 6.45) is 6.59. The molecule has 3 nitrogen and oxygen atoms in total. The lowest BCUT2D eigenvalue weighted by atomic mass is 10.1. The molecule has 0 radical (unpaired) electrons. The molecule has 3 rings (SSSR count). The van der Waals surface area contributed by atoms with Crippen LogP contribution in [-0.2, 0) is 0 Å². The van der Waals surface area contributed by atoms with Crippen LogP contribution in [0.3, 0.4) is 0 Å². The molecular formula is C13H8FN3. The highest BCUT2D eigenvalue weighted by Gasteiger charge is 2.02. The van der Waals surface area contributed by atoms with E-state index in [1.807, 2.05) is 6.07 Å². The normalized spacial score (nSPS) is 10.6. The van der Waals surface area contributed by atoms with Crippen LogP contribution in [0, 0.1) is 5.82 Å². The molecule has 0 fully saturated rings. The summed E-state index contributed by atoms with van der Waals surface area (Å²) in [6.45, 7) is 0. The summed E-state index contributed by atoms with van der Waals surface area (Å²) in [5.41, 5.74) is 2.26. The van der Waals surface area contributed by atoms with Gasteiger partial charge in [0.25, 0.3) is 0 Å². The maximum atomic E-state index is 13.0. The van der Waals surface area contributed by atoms with Gasteiger partial charge in [0.05, 0.1) is 17.4 Å². The van der Waals surface area contributed by atoms with E-state index in [2.05, 4.69) is 15.0 Å². The van der Waals surface area contributed by atoms with Gasteiger partial charge in [0, 0.05) is 35.6 Å². The van der Waals surface area contributed by atoms with Gasteiger partial charge in [-0.1, -0.05) is 0 Å². The monoisotopic (exact) mass is 225 g/mol. The summed E-state index contributed by atoms with van der Waals surface area (Å²) in [4.78, 5) is 12.4. The third kappa shape index (κ3) is 1.85. The summed E-state index contributed by atoms with van der Waals surface area (Å²) in [6, 6.07) is 6.46. The SMILES string of the molecule is Fc1ccc2cc(-c3cnccn3)cnc2c1.